The third-order valence-electron chi connectivity index (χ3n) is 7.05. The average molecular weight is 546 g/mol. The van der Waals surface area contributed by atoms with Crippen LogP contribution in [0.4, 0.5) is 5.69 Å². The van der Waals surface area contributed by atoms with E-state index in [0.717, 1.165) is 22.9 Å². The lowest BCUT2D eigenvalue weighted by Crippen LogP contribution is -2.25. The number of amides is 1. The number of anilines is 1. The van der Waals surface area contributed by atoms with Crippen LogP contribution in [0.1, 0.15) is 43.0 Å². The maximum Gasteiger partial charge on any atom is 0.266 e. The van der Waals surface area contributed by atoms with E-state index in [0.29, 0.717) is 32.9 Å². The van der Waals surface area contributed by atoms with Crippen LogP contribution in [0.3, 0.4) is 0 Å². The van der Waals surface area contributed by atoms with Crippen molar-refractivity contribution in [1.82, 2.24) is 9.55 Å². The largest absolute Gasteiger partial charge is 0.325 e. The summed E-state index contributed by atoms with van der Waals surface area (Å²) >= 11 is 1.12. The molecule has 1 aliphatic rings. The van der Waals surface area contributed by atoms with Crippen LogP contribution < -0.4 is 10.9 Å². The van der Waals surface area contributed by atoms with Crippen LogP contribution in [0.15, 0.2) is 94.9 Å². The SMILES string of the molecule is Cc1ccc(-n2c(SCC(=O)Nc3cccc4c3C(=O)c3ccccc3C4=O)nc3ccccc3c2=O)cc1C. The molecule has 1 aromatic heterocycles. The quantitative estimate of drug-likeness (QED) is 0.227. The number of carbonyl (C=O) groups is 3. The molecule has 0 spiro atoms. The van der Waals surface area contributed by atoms with Crippen LogP contribution in [-0.4, -0.2) is 32.8 Å². The molecule has 0 saturated heterocycles. The first-order valence-corrected chi connectivity index (χ1v) is 13.7. The van der Waals surface area contributed by atoms with Crippen molar-refractivity contribution in [2.24, 2.45) is 0 Å². The second kappa shape index (κ2) is 10.1. The van der Waals surface area contributed by atoms with Crippen molar-refractivity contribution >= 4 is 45.8 Å². The third kappa shape index (κ3) is 4.32. The lowest BCUT2D eigenvalue weighted by atomic mass is 9.83. The summed E-state index contributed by atoms with van der Waals surface area (Å²) in [7, 11) is 0. The number of aryl methyl sites for hydroxylation is 2. The zero-order chi connectivity index (χ0) is 28.0. The molecule has 196 valence electrons. The van der Waals surface area contributed by atoms with Gasteiger partial charge < -0.3 is 5.32 Å². The zero-order valence-electron chi connectivity index (χ0n) is 21.7. The predicted octanol–water partition coefficient (Wildman–Crippen LogP) is 5.51. The van der Waals surface area contributed by atoms with Crippen molar-refractivity contribution < 1.29 is 14.4 Å². The standard InChI is InChI=1S/C32H23N3O4S/c1-18-14-15-20(16-19(18)2)35-31(39)23-10-5-6-12-25(23)34-32(35)40-17-27(36)33-26-13-7-11-24-28(26)30(38)22-9-4-3-8-21(22)29(24)37/h3-16H,17H2,1-2H3,(H,33,36). The number of para-hydroxylation sites is 1. The second-order valence-corrected chi connectivity index (χ2v) is 10.5. The number of hydrogen-bond donors (Lipinski definition) is 1. The molecule has 1 amide bonds. The highest BCUT2D eigenvalue weighted by molar-refractivity contribution is 7.99. The molecular formula is C32H23N3O4S. The number of aromatic nitrogens is 2. The summed E-state index contributed by atoms with van der Waals surface area (Å²) in [5.41, 5.74) is 4.48. The Balaban J connectivity index is 1.32. The molecule has 0 saturated carbocycles. The fourth-order valence-electron chi connectivity index (χ4n) is 4.87. The zero-order valence-corrected chi connectivity index (χ0v) is 22.5. The van der Waals surface area contributed by atoms with Crippen LogP contribution in [0.2, 0.25) is 0 Å². The highest BCUT2D eigenvalue weighted by Crippen LogP contribution is 2.32. The Labute approximate surface area is 233 Å². The van der Waals surface area contributed by atoms with Gasteiger partial charge in [0, 0.05) is 16.7 Å². The van der Waals surface area contributed by atoms with Gasteiger partial charge >= 0.3 is 0 Å². The Kier molecular flexibility index (Phi) is 6.40. The number of nitrogens with one attached hydrogen (secondary N) is 1. The van der Waals surface area contributed by atoms with Crippen molar-refractivity contribution in [3.05, 3.63) is 129 Å². The lowest BCUT2D eigenvalue weighted by Gasteiger charge is -2.20. The smallest absolute Gasteiger partial charge is 0.266 e. The van der Waals surface area contributed by atoms with E-state index in [4.69, 9.17) is 4.98 Å². The molecule has 1 heterocycles. The number of thioether (sulfide) groups is 1. The van der Waals surface area contributed by atoms with Crippen molar-refractivity contribution in [2.75, 3.05) is 11.1 Å². The molecule has 0 atom stereocenters. The van der Waals surface area contributed by atoms with Crippen LogP contribution >= 0.6 is 11.8 Å². The summed E-state index contributed by atoms with van der Waals surface area (Å²) in [6, 6.07) is 24.4. The molecule has 40 heavy (non-hydrogen) atoms. The molecular weight excluding hydrogens is 522 g/mol. The fourth-order valence-corrected chi connectivity index (χ4v) is 5.68. The van der Waals surface area contributed by atoms with E-state index in [2.05, 4.69) is 5.32 Å². The molecule has 1 N–H and O–H groups in total. The van der Waals surface area contributed by atoms with E-state index < -0.39 is 5.91 Å². The number of fused-ring (bicyclic) bond motifs is 3. The van der Waals surface area contributed by atoms with Crippen molar-refractivity contribution in [1.29, 1.82) is 0 Å². The number of ketones is 2. The molecule has 1 aliphatic carbocycles. The number of hydrogen-bond acceptors (Lipinski definition) is 6. The highest BCUT2D eigenvalue weighted by Gasteiger charge is 2.31. The predicted molar refractivity (Wildman–Crippen MR) is 156 cm³/mol. The van der Waals surface area contributed by atoms with Gasteiger partial charge in [-0.3, -0.25) is 23.7 Å². The topological polar surface area (TPSA) is 98.1 Å². The highest BCUT2D eigenvalue weighted by atomic mass is 32.2. The van der Waals surface area contributed by atoms with Gasteiger partial charge in [-0.15, -0.1) is 0 Å². The van der Waals surface area contributed by atoms with E-state index in [9.17, 15) is 19.2 Å². The Morgan fingerprint density at radius 2 is 1.50 bits per heavy atom. The normalized spacial score (nSPS) is 12.2. The monoisotopic (exact) mass is 545 g/mol. The van der Waals surface area contributed by atoms with E-state index in [1.807, 2.05) is 38.1 Å². The van der Waals surface area contributed by atoms with Crippen molar-refractivity contribution in [3.63, 3.8) is 0 Å². The van der Waals surface area contributed by atoms with Gasteiger partial charge in [0.2, 0.25) is 5.91 Å². The fraction of sp³-hybridized carbons (Fsp3) is 0.0938. The molecule has 0 radical (unpaired) electrons. The van der Waals surface area contributed by atoms with Crippen molar-refractivity contribution in [2.45, 2.75) is 19.0 Å². The third-order valence-corrected chi connectivity index (χ3v) is 7.99. The summed E-state index contributed by atoms with van der Waals surface area (Å²) < 4.78 is 1.52. The minimum Gasteiger partial charge on any atom is -0.325 e. The number of benzene rings is 4. The molecule has 7 nitrogen and oxygen atoms in total. The van der Waals surface area contributed by atoms with Gasteiger partial charge in [-0.25, -0.2) is 4.98 Å². The Bertz CT molecular complexity index is 1940. The summed E-state index contributed by atoms with van der Waals surface area (Å²) in [6.07, 6.45) is 0. The summed E-state index contributed by atoms with van der Waals surface area (Å²) in [6.45, 7) is 3.98. The molecule has 0 bridgehead atoms. The maximum atomic E-state index is 13.5. The molecule has 0 fully saturated rings. The van der Waals surface area contributed by atoms with Gasteiger partial charge in [-0.2, -0.15) is 0 Å². The maximum absolute atomic E-state index is 13.5. The number of rotatable bonds is 5. The first kappa shape index (κ1) is 25.5. The summed E-state index contributed by atoms with van der Waals surface area (Å²) in [4.78, 5) is 57.8. The first-order valence-electron chi connectivity index (χ1n) is 12.7. The first-order chi connectivity index (χ1) is 19.3. The van der Waals surface area contributed by atoms with E-state index in [1.54, 1.807) is 60.7 Å². The number of nitrogens with zero attached hydrogens (tertiary/aromatic N) is 2. The lowest BCUT2D eigenvalue weighted by molar-refractivity contribution is -0.113. The minimum absolute atomic E-state index is 0.0714. The van der Waals surface area contributed by atoms with E-state index in [1.165, 1.54) is 4.57 Å². The van der Waals surface area contributed by atoms with E-state index >= 15 is 0 Å². The van der Waals surface area contributed by atoms with Gasteiger partial charge in [0.1, 0.15) is 0 Å². The molecule has 6 rings (SSSR count). The van der Waals surface area contributed by atoms with Crippen LogP contribution in [-0.2, 0) is 4.79 Å². The molecule has 4 aromatic carbocycles. The van der Waals surface area contributed by atoms with Gasteiger partial charge in [0.05, 0.1) is 33.6 Å². The molecule has 5 aromatic rings. The molecule has 8 heteroatoms. The van der Waals surface area contributed by atoms with Gasteiger partial charge in [-0.1, -0.05) is 66.4 Å². The average Bonchev–Trinajstić information content (AvgIpc) is 2.96. The van der Waals surface area contributed by atoms with Gasteiger partial charge in [-0.05, 0) is 55.3 Å². The van der Waals surface area contributed by atoms with Gasteiger partial charge in [0.15, 0.2) is 16.7 Å². The van der Waals surface area contributed by atoms with Crippen LogP contribution in [0, 0.1) is 13.8 Å². The summed E-state index contributed by atoms with van der Waals surface area (Å²) in [5, 5.41) is 3.65. The summed E-state index contributed by atoms with van der Waals surface area (Å²) in [5.74, 6) is -1.04. The molecule has 0 unspecified atom stereocenters. The van der Waals surface area contributed by atoms with Crippen LogP contribution in [0.5, 0.6) is 0 Å². The van der Waals surface area contributed by atoms with Gasteiger partial charge in [0.25, 0.3) is 5.56 Å². The Hall–Kier alpha value is -4.82. The minimum atomic E-state index is -0.397. The Morgan fingerprint density at radius 1 is 0.800 bits per heavy atom. The number of carbonyl (C=O) groups excluding carboxylic acids is 3. The second-order valence-electron chi connectivity index (χ2n) is 9.59. The van der Waals surface area contributed by atoms with Crippen molar-refractivity contribution in [3.8, 4) is 5.69 Å². The molecule has 0 aliphatic heterocycles. The Morgan fingerprint density at radius 3 is 2.27 bits per heavy atom. The van der Waals surface area contributed by atoms with E-state index in [-0.39, 0.29) is 39.7 Å². The van der Waals surface area contributed by atoms with Crippen LogP contribution in [0.25, 0.3) is 16.6 Å².